The molecule has 106 valence electrons. The minimum absolute atomic E-state index is 0. The van der Waals surface area contributed by atoms with E-state index < -0.39 is 0 Å². The smallest absolute Gasteiger partial charge is 0.189 e. The zero-order valence-electron chi connectivity index (χ0n) is 10.9. The van der Waals surface area contributed by atoms with Crippen molar-refractivity contribution in [1.82, 2.24) is 5.32 Å². The Bertz CT molecular complexity index is 400. The first kappa shape index (κ1) is 16.6. The van der Waals surface area contributed by atoms with E-state index in [0.29, 0.717) is 18.5 Å². The molecular weight excluding hydrogens is 373 g/mol. The van der Waals surface area contributed by atoms with E-state index in [4.69, 9.17) is 17.3 Å². The first-order valence-corrected chi connectivity index (χ1v) is 6.93. The quantitative estimate of drug-likeness (QED) is 0.467. The van der Waals surface area contributed by atoms with Crippen LogP contribution in [0, 0.1) is 0 Å². The highest BCUT2D eigenvalue weighted by Crippen LogP contribution is 2.17. The van der Waals surface area contributed by atoms with Gasteiger partial charge in [-0.2, -0.15) is 0 Å². The first-order valence-electron chi connectivity index (χ1n) is 6.55. The minimum Gasteiger partial charge on any atom is -0.370 e. The van der Waals surface area contributed by atoms with Crippen LogP contribution in [-0.4, -0.2) is 12.0 Å². The molecule has 1 aliphatic carbocycles. The predicted molar refractivity (Wildman–Crippen MR) is 92.2 cm³/mol. The van der Waals surface area contributed by atoms with Crippen LogP contribution < -0.4 is 11.1 Å². The molecule has 2 rings (SSSR count). The Morgan fingerprint density at radius 3 is 2.47 bits per heavy atom. The van der Waals surface area contributed by atoms with Gasteiger partial charge < -0.3 is 11.1 Å². The Morgan fingerprint density at radius 2 is 1.84 bits per heavy atom. The van der Waals surface area contributed by atoms with Crippen LogP contribution in [0.15, 0.2) is 29.3 Å². The van der Waals surface area contributed by atoms with Crippen molar-refractivity contribution in [2.45, 2.75) is 44.7 Å². The SMILES string of the molecule is I.NC(=NCc1ccc(Cl)cc1)NC1CCCCC1. The van der Waals surface area contributed by atoms with Crippen molar-refractivity contribution in [3.63, 3.8) is 0 Å². The zero-order valence-corrected chi connectivity index (χ0v) is 14.0. The molecule has 0 bridgehead atoms. The summed E-state index contributed by atoms with van der Waals surface area (Å²) >= 11 is 5.83. The average Bonchev–Trinajstić information content (AvgIpc) is 2.39. The summed E-state index contributed by atoms with van der Waals surface area (Å²) in [6.45, 7) is 0.600. The van der Waals surface area contributed by atoms with Gasteiger partial charge in [0.15, 0.2) is 5.96 Å². The number of halogens is 2. The second kappa shape index (κ2) is 8.64. The van der Waals surface area contributed by atoms with Crippen molar-refractivity contribution < 1.29 is 0 Å². The minimum atomic E-state index is 0. The largest absolute Gasteiger partial charge is 0.370 e. The molecule has 1 fully saturated rings. The third kappa shape index (κ3) is 5.99. The standard InChI is InChI=1S/C14H20ClN3.HI/c15-12-8-6-11(7-9-12)10-17-14(16)18-13-4-2-1-3-5-13;/h6-9,13H,1-5,10H2,(H3,16,17,18);1H. The highest BCUT2D eigenvalue weighted by Gasteiger charge is 2.13. The molecule has 0 heterocycles. The van der Waals surface area contributed by atoms with E-state index in [0.717, 1.165) is 10.6 Å². The predicted octanol–water partition coefficient (Wildman–Crippen LogP) is 3.70. The van der Waals surface area contributed by atoms with Gasteiger partial charge in [-0.1, -0.05) is 43.0 Å². The molecule has 0 amide bonds. The Hall–Kier alpha value is -0.490. The Balaban J connectivity index is 0.00000180. The normalized spacial score (nSPS) is 16.8. The first-order chi connectivity index (χ1) is 8.74. The van der Waals surface area contributed by atoms with Crippen LogP contribution in [0.1, 0.15) is 37.7 Å². The summed E-state index contributed by atoms with van der Waals surface area (Å²) in [6.07, 6.45) is 6.35. The lowest BCUT2D eigenvalue weighted by atomic mass is 9.96. The summed E-state index contributed by atoms with van der Waals surface area (Å²) in [5, 5.41) is 4.05. The number of nitrogens with zero attached hydrogens (tertiary/aromatic N) is 1. The number of aliphatic imine (C=N–C) groups is 1. The summed E-state index contributed by atoms with van der Waals surface area (Å²) in [5.41, 5.74) is 7.01. The van der Waals surface area contributed by atoms with Gasteiger partial charge in [0, 0.05) is 11.1 Å². The van der Waals surface area contributed by atoms with Crippen LogP contribution in [0.25, 0.3) is 0 Å². The van der Waals surface area contributed by atoms with Crippen LogP contribution in [0.2, 0.25) is 5.02 Å². The molecule has 0 spiro atoms. The van der Waals surface area contributed by atoms with E-state index in [9.17, 15) is 0 Å². The number of hydrogen-bond donors (Lipinski definition) is 2. The molecule has 1 aromatic carbocycles. The van der Waals surface area contributed by atoms with Crippen LogP contribution in [0.4, 0.5) is 0 Å². The van der Waals surface area contributed by atoms with E-state index in [1.165, 1.54) is 32.1 Å². The van der Waals surface area contributed by atoms with E-state index >= 15 is 0 Å². The lowest BCUT2D eigenvalue weighted by molar-refractivity contribution is 0.412. The van der Waals surface area contributed by atoms with Crippen molar-refractivity contribution in [3.05, 3.63) is 34.9 Å². The van der Waals surface area contributed by atoms with Crippen molar-refractivity contribution in [2.24, 2.45) is 10.7 Å². The molecule has 1 aliphatic rings. The topological polar surface area (TPSA) is 50.4 Å². The molecule has 5 heteroatoms. The van der Waals surface area contributed by atoms with E-state index in [1.807, 2.05) is 24.3 Å². The van der Waals surface area contributed by atoms with E-state index in [-0.39, 0.29) is 24.0 Å². The molecule has 1 saturated carbocycles. The Kier molecular flexibility index (Phi) is 7.53. The average molecular weight is 394 g/mol. The Labute approximate surface area is 137 Å². The third-order valence-electron chi connectivity index (χ3n) is 3.30. The van der Waals surface area contributed by atoms with Gasteiger partial charge in [-0.25, -0.2) is 4.99 Å². The maximum Gasteiger partial charge on any atom is 0.189 e. The number of nitrogens with two attached hydrogens (primary N) is 1. The van der Waals surface area contributed by atoms with Crippen molar-refractivity contribution in [1.29, 1.82) is 0 Å². The highest BCUT2D eigenvalue weighted by molar-refractivity contribution is 14.0. The van der Waals surface area contributed by atoms with Crippen LogP contribution in [0.3, 0.4) is 0 Å². The summed E-state index contributed by atoms with van der Waals surface area (Å²) in [5.74, 6) is 0.553. The molecular formula is C14H21ClIN3. The van der Waals surface area contributed by atoms with E-state index in [1.54, 1.807) is 0 Å². The van der Waals surface area contributed by atoms with Crippen LogP contribution >= 0.6 is 35.6 Å². The molecule has 0 atom stereocenters. The van der Waals surface area contributed by atoms with Crippen molar-refractivity contribution in [3.8, 4) is 0 Å². The van der Waals surface area contributed by atoms with Gasteiger partial charge in [-0.3, -0.25) is 0 Å². The fraction of sp³-hybridized carbons (Fsp3) is 0.500. The van der Waals surface area contributed by atoms with Crippen LogP contribution in [-0.2, 0) is 6.54 Å². The van der Waals surface area contributed by atoms with Gasteiger partial charge in [0.05, 0.1) is 6.54 Å². The number of benzene rings is 1. The Morgan fingerprint density at radius 1 is 1.21 bits per heavy atom. The van der Waals surface area contributed by atoms with Crippen molar-refractivity contribution in [2.75, 3.05) is 0 Å². The van der Waals surface area contributed by atoms with Crippen molar-refractivity contribution >= 4 is 41.5 Å². The van der Waals surface area contributed by atoms with Gasteiger partial charge >= 0.3 is 0 Å². The number of nitrogens with one attached hydrogen (secondary N) is 1. The third-order valence-corrected chi connectivity index (χ3v) is 3.55. The number of hydrogen-bond acceptors (Lipinski definition) is 1. The zero-order chi connectivity index (χ0) is 12.8. The summed E-state index contributed by atoms with van der Waals surface area (Å²) in [7, 11) is 0. The molecule has 19 heavy (non-hydrogen) atoms. The summed E-state index contributed by atoms with van der Waals surface area (Å²) in [6, 6.07) is 8.20. The molecule has 3 nitrogen and oxygen atoms in total. The highest BCUT2D eigenvalue weighted by atomic mass is 127. The number of rotatable bonds is 3. The summed E-state index contributed by atoms with van der Waals surface area (Å²) in [4.78, 5) is 4.36. The molecule has 0 saturated heterocycles. The lowest BCUT2D eigenvalue weighted by Crippen LogP contribution is -2.41. The van der Waals surface area contributed by atoms with Gasteiger partial charge in [0.1, 0.15) is 0 Å². The van der Waals surface area contributed by atoms with Gasteiger partial charge in [-0.15, -0.1) is 24.0 Å². The molecule has 3 N–H and O–H groups in total. The fourth-order valence-electron chi connectivity index (χ4n) is 2.27. The summed E-state index contributed by atoms with van der Waals surface area (Å²) < 4.78 is 0. The monoisotopic (exact) mass is 393 g/mol. The second-order valence-corrected chi connectivity index (χ2v) is 5.24. The van der Waals surface area contributed by atoms with Gasteiger partial charge in [-0.05, 0) is 30.5 Å². The maximum atomic E-state index is 5.90. The second-order valence-electron chi connectivity index (χ2n) is 4.81. The lowest BCUT2D eigenvalue weighted by Gasteiger charge is -2.23. The molecule has 0 aromatic heterocycles. The molecule has 1 aromatic rings. The molecule has 0 aliphatic heterocycles. The van der Waals surface area contributed by atoms with Gasteiger partial charge in [0.25, 0.3) is 0 Å². The maximum absolute atomic E-state index is 5.90. The molecule has 0 unspecified atom stereocenters. The van der Waals surface area contributed by atoms with Gasteiger partial charge in [0.2, 0.25) is 0 Å². The van der Waals surface area contributed by atoms with Crippen LogP contribution in [0.5, 0.6) is 0 Å². The molecule has 0 radical (unpaired) electrons. The number of guanidine groups is 1. The van der Waals surface area contributed by atoms with E-state index in [2.05, 4.69) is 10.3 Å². The fourth-order valence-corrected chi connectivity index (χ4v) is 2.39.